The number of aliphatic hydroxyl groups excluding tert-OH is 1. The number of amides is 1. The van der Waals surface area contributed by atoms with Crippen molar-refractivity contribution in [2.75, 3.05) is 27.4 Å². The molecule has 214 valence electrons. The number of rotatable bonds is 14. The first-order valence-electron chi connectivity index (χ1n) is 13.7. The maximum Gasteiger partial charge on any atom is 0.407 e. The van der Waals surface area contributed by atoms with E-state index in [0.29, 0.717) is 12.8 Å². The summed E-state index contributed by atoms with van der Waals surface area (Å²) in [4.78, 5) is 12.0. The average Bonchev–Trinajstić information content (AvgIpc) is 3.03. The zero-order valence-electron chi connectivity index (χ0n) is 23.5. The molecule has 2 N–H and O–H groups in total. The van der Waals surface area contributed by atoms with Gasteiger partial charge in [0, 0.05) is 6.54 Å². The fourth-order valence-corrected chi connectivity index (χ4v) is 4.68. The van der Waals surface area contributed by atoms with E-state index in [2.05, 4.69) is 5.32 Å². The Morgan fingerprint density at radius 3 is 1.78 bits per heavy atom. The van der Waals surface area contributed by atoms with Crippen LogP contribution in [0.2, 0.25) is 0 Å². The van der Waals surface area contributed by atoms with Crippen LogP contribution in [0.3, 0.4) is 0 Å². The second-order valence-corrected chi connectivity index (χ2v) is 9.57. The molecule has 0 radical (unpaired) electrons. The number of nitrogens with one attached hydrogen (secondary N) is 1. The summed E-state index contributed by atoms with van der Waals surface area (Å²) in [7, 11) is 3.28. The van der Waals surface area contributed by atoms with Crippen molar-refractivity contribution in [3.05, 3.63) is 131 Å². The normalized spacial score (nSPS) is 11.9. The van der Waals surface area contributed by atoms with Crippen molar-refractivity contribution < 1.29 is 28.8 Å². The van der Waals surface area contributed by atoms with Crippen LogP contribution in [0.25, 0.3) is 0 Å². The maximum absolute atomic E-state index is 12.0. The summed E-state index contributed by atoms with van der Waals surface area (Å²) in [5.74, 6) is 1.49. The highest BCUT2D eigenvalue weighted by Crippen LogP contribution is 2.41. The number of ether oxygens (including phenoxy) is 4. The lowest BCUT2D eigenvalue weighted by Gasteiger charge is -2.36. The van der Waals surface area contributed by atoms with Gasteiger partial charge in [0.2, 0.25) is 0 Å². The van der Waals surface area contributed by atoms with Gasteiger partial charge in [-0.2, -0.15) is 0 Å². The third kappa shape index (κ3) is 7.87. The molecule has 1 amide bonds. The van der Waals surface area contributed by atoms with Gasteiger partial charge in [-0.1, -0.05) is 84.9 Å². The average molecular weight is 556 g/mol. The van der Waals surface area contributed by atoms with Crippen LogP contribution in [0.15, 0.2) is 109 Å². The molecule has 0 fully saturated rings. The predicted molar refractivity (Wildman–Crippen MR) is 158 cm³/mol. The van der Waals surface area contributed by atoms with Crippen molar-refractivity contribution in [2.24, 2.45) is 0 Å². The monoisotopic (exact) mass is 555 g/mol. The minimum absolute atomic E-state index is 0.196. The van der Waals surface area contributed by atoms with Crippen LogP contribution in [-0.2, 0) is 21.7 Å². The summed E-state index contributed by atoms with van der Waals surface area (Å²) in [5.41, 5.74) is 2.76. The van der Waals surface area contributed by atoms with E-state index in [0.717, 1.165) is 33.8 Å². The number of benzene rings is 4. The first kappa shape index (κ1) is 29.6. The lowest BCUT2D eigenvalue weighted by molar-refractivity contribution is -0.00623. The van der Waals surface area contributed by atoms with Gasteiger partial charge in [0.05, 0.1) is 26.9 Å². The van der Waals surface area contributed by atoms with E-state index in [1.807, 2.05) is 109 Å². The van der Waals surface area contributed by atoms with Crippen molar-refractivity contribution >= 4 is 6.09 Å². The van der Waals surface area contributed by atoms with Crippen LogP contribution in [0.5, 0.6) is 11.5 Å². The van der Waals surface area contributed by atoms with E-state index in [-0.39, 0.29) is 19.8 Å². The van der Waals surface area contributed by atoms with E-state index in [1.165, 1.54) is 0 Å². The number of carbonyl (C=O) groups excluding carboxylic acids is 1. The molecule has 0 saturated carbocycles. The van der Waals surface area contributed by atoms with Crippen LogP contribution in [0.1, 0.15) is 35.1 Å². The highest BCUT2D eigenvalue weighted by molar-refractivity contribution is 5.67. The summed E-state index contributed by atoms with van der Waals surface area (Å²) >= 11 is 0. The number of methoxy groups -OCH3 is 2. The molecule has 1 atom stereocenters. The molecular weight excluding hydrogens is 518 g/mol. The predicted octanol–water partition coefficient (Wildman–Crippen LogP) is 6.08. The quantitative estimate of drug-likeness (QED) is 0.184. The minimum Gasteiger partial charge on any atom is -0.497 e. The van der Waals surface area contributed by atoms with Gasteiger partial charge in [-0.05, 0) is 59.4 Å². The maximum atomic E-state index is 12.0. The lowest BCUT2D eigenvalue weighted by atomic mass is 9.80. The number of hydrogen-bond acceptors (Lipinski definition) is 6. The van der Waals surface area contributed by atoms with Gasteiger partial charge in [0.1, 0.15) is 23.7 Å². The molecule has 0 heterocycles. The van der Waals surface area contributed by atoms with Crippen molar-refractivity contribution in [1.82, 2.24) is 5.32 Å². The van der Waals surface area contributed by atoms with Gasteiger partial charge in [0.25, 0.3) is 0 Å². The topological polar surface area (TPSA) is 86.2 Å². The van der Waals surface area contributed by atoms with Gasteiger partial charge in [0.15, 0.2) is 0 Å². The molecule has 4 aromatic carbocycles. The molecule has 4 aromatic rings. The van der Waals surface area contributed by atoms with Crippen LogP contribution < -0.4 is 14.8 Å². The summed E-state index contributed by atoms with van der Waals surface area (Å²) in [6.07, 6.45) is -0.446. The Balaban J connectivity index is 1.44. The Bertz CT molecular complexity index is 1280. The molecule has 0 saturated heterocycles. The largest absolute Gasteiger partial charge is 0.497 e. The van der Waals surface area contributed by atoms with Crippen molar-refractivity contribution in [2.45, 2.75) is 31.2 Å². The molecular formula is C34H37NO6. The highest BCUT2D eigenvalue weighted by Gasteiger charge is 2.38. The molecule has 4 rings (SSSR count). The Hall–Kier alpha value is -4.33. The SMILES string of the molecule is COc1ccc(C(OCCC(O)CCNC(=O)OCc2ccccc2)(c2ccccc2)c2ccc(OC)cc2)cc1. The first-order valence-corrected chi connectivity index (χ1v) is 13.7. The number of hydrogen-bond donors (Lipinski definition) is 2. The molecule has 0 spiro atoms. The Labute approximate surface area is 241 Å². The summed E-state index contributed by atoms with van der Waals surface area (Å²) in [6, 6.07) is 35.1. The minimum atomic E-state index is -0.945. The lowest BCUT2D eigenvalue weighted by Crippen LogP contribution is -2.34. The zero-order chi connectivity index (χ0) is 28.9. The fraction of sp³-hybridized carbons (Fsp3) is 0.265. The molecule has 1 unspecified atom stereocenters. The van der Waals surface area contributed by atoms with Crippen LogP contribution in [0.4, 0.5) is 4.79 Å². The van der Waals surface area contributed by atoms with Gasteiger partial charge >= 0.3 is 6.09 Å². The van der Waals surface area contributed by atoms with Crippen molar-refractivity contribution in [1.29, 1.82) is 0 Å². The molecule has 0 aromatic heterocycles. The smallest absolute Gasteiger partial charge is 0.407 e. The summed E-state index contributed by atoms with van der Waals surface area (Å²) < 4.78 is 22.8. The van der Waals surface area contributed by atoms with Crippen LogP contribution >= 0.6 is 0 Å². The van der Waals surface area contributed by atoms with E-state index in [4.69, 9.17) is 18.9 Å². The highest BCUT2D eigenvalue weighted by atomic mass is 16.5. The van der Waals surface area contributed by atoms with E-state index in [1.54, 1.807) is 14.2 Å². The molecule has 0 bridgehead atoms. The summed E-state index contributed by atoms with van der Waals surface area (Å²) in [5, 5.41) is 13.4. The van der Waals surface area contributed by atoms with Crippen LogP contribution in [0, 0.1) is 0 Å². The molecule has 0 aliphatic carbocycles. The first-order chi connectivity index (χ1) is 20.0. The van der Waals surface area contributed by atoms with E-state index in [9.17, 15) is 9.90 Å². The van der Waals surface area contributed by atoms with Gasteiger partial charge in [-0.25, -0.2) is 4.79 Å². The fourth-order valence-electron chi connectivity index (χ4n) is 4.68. The summed E-state index contributed by atoms with van der Waals surface area (Å²) in [6.45, 7) is 0.753. The third-order valence-corrected chi connectivity index (χ3v) is 6.90. The van der Waals surface area contributed by atoms with Gasteiger partial charge < -0.3 is 29.4 Å². The second-order valence-electron chi connectivity index (χ2n) is 9.57. The number of aliphatic hydroxyl groups is 1. The third-order valence-electron chi connectivity index (χ3n) is 6.90. The zero-order valence-corrected chi connectivity index (χ0v) is 23.5. The molecule has 7 heteroatoms. The Morgan fingerprint density at radius 2 is 1.24 bits per heavy atom. The van der Waals surface area contributed by atoms with E-state index >= 15 is 0 Å². The van der Waals surface area contributed by atoms with E-state index < -0.39 is 17.8 Å². The second kappa shape index (κ2) is 14.9. The Kier molecular flexibility index (Phi) is 10.8. The molecule has 0 aliphatic rings. The van der Waals surface area contributed by atoms with Crippen LogP contribution in [-0.4, -0.2) is 44.7 Å². The van der Waals surface area contributed by atoms with Crippen molar-refractivity contribution in [3.63, 3.8) is 0 Å². The number of alkyl carbamates (subject to hydrolysis) is 1. The molecule has 41 heavy (non-hydrogen) atoms. The van der Waals surface area contributed by atoms with Crippen molar-refractivity contribution in [3.8, 4) is 11.5 Å². The molecule has 0 aliphatic heterocycles. The van der Waals surface area contributed by atoms with Gasteiger partial charge in [-0.3, -0.25) is 0 Å². The van der Waals surface area contributed by atoms with Gasteiger partial charge in [-0.15, -0.1) is 0 Å². The molecule has 7 nitrogen and oxygen atoms in total. The Morgan fingerprint density at radius 1 is 0.732 bits per heavy atom. The number of carbonyl (C=O) groups is 1. The standard InChI is InChI=1S/C34H37NO6/c1-38-31-17-13-28(14-18-31)34(27-11-7-4-8-12-27,29-15-19-32(39-2)20-16-29)41-24-22-30(36)21-23-35-33(37)40-25-26-9-5-3-6-10-26/h3-20,30,36H,21-25H2,1-2H3,(H,35,37).